The van der Waals surface area contributed by atoms with Gasteiger partial charge in [-0.3, -0.25) is 14.6 Å². The molecule has 2 heterocycles. The molecule has 1 fully saturated rings. The molecule has 0 saturated carbocycles. The van der Waals surface area contributed by atoms with Crippen LogP contribution in [0.15, 0.2) is 24.5 Å². The number of aliphatic carboxylic acids is 1. The number of rotatable bonds is 4. The quantitative estimate of drug-likeness (QED) is 0.899. The molecular formula is C14H18N2O3. The molecule has 1 saturated heterocycles. The highest BCUT2D eigenvalue weighted by atomic mass is 16.4. The molecular weight excluding hydrogens is 244 g/mol. The third kappa shape index (κ3) is 2.75. The molecule has 0 aliphatic carbocycles. The van der Waals surface area contributed by atoms with Gasteiger partial charge in [0.25, 0.3) is 0 Å². The monoisotopic (exact) mass is 262 g/mol. The molecule has 0 spiro atoms. The predicted molar refractivity (Wildman–Crippen MR) is 69.3 cm³/mol. The average Bonchev–Trinajstić information content (AvgIpc) is 2.41. The molecule has 1 aliphatic rings. The summed E-state index contributed by atoms with van der Waals surface area (Å²) >= 11 is 0. The zero-order chi connectivity index (χ0) is 13.8. The van der Waals surface area contributed by atoms with E-state index in [4.69, 9.17) is 0 Å². The van der Waals surface area contributed by atoms with Crippen LogP contribution in [-0.2, 0) is 9.59 Å². The molecule has 2 atom stereocenters. The van der Waals surface area contributed by atoms with E-state index in [-0.39, 0.29) is 5.91 Å². The Labute approximate surface area is 112 Å². The van der Waals surface area contributed by atoms with Gasteiger partial charge in [0, 0.05) is 25.4 Å². The number of likely N-dealkylation sites (tertiary alicyclic amines) is 1. The molecule has 0 radical (unpaired) electrons. The maximum atomic E-state index is 12.0. The average molecular weight is 262 g/mol. The molecule has 2 unspecified atom stereocenters. The molecule has 1 aliphatic heterocycles. The largest absolute Gasteiger partial charge is 0.481 e. The summed E-state index contributed by atoms with van der Waals surface area (Å²) in [7, 11) is 0. The summed E-state index contributed by atoms with van der Waals surface area (Å²) in [5.74, 6) is -1.36. The maximum Gasteiger partial charge on any atom is 0.308 e. The number of nitrogens with zero attached hydrogens (tertiary/aromatic N) is 2. The first-order valence-corrected chi connectivity index (χ1v) is 6.57. The lowest BCUT2D eigenvalue weighted by Gasteiger charge is -2.39. The summed E-state index contributed by atoms with van der Waals surface area (Å²) in [6, 6.07) is 3.22. The van der Waals surface area contributed by atoms with Crippen LogP contribution in [0.5, 0.6) is 0 Å². The van der Waals surface area contributed by atoms with Crippen LogP contribution in [0.25, 0.3) is 0 Å². The molecule has 1 aromatic rings. The van der Waals surface area contributed by atoms with Crippen molar-refractivity contribution in [2.75, 3.05) is 6.54 Å². The molecule has 1 aromatic heterocycles. The number of carboxylic acids is 1. The fourth-order valence-electron chi connectivity index (χ4n) is 2.68. The SMILES string of the molecule is CCCN1C(=O)CCC(C(=O)O)C1c1cccnc1. The van der Waals surface area contributed by atoms with Crippen molar-refractivity contribution in [3.05, 3.63) is 30.1 Å². The van der Waals surface area contributed by atoms with Crippen LogP contribution in [0.1, 0.15) is 37.8 Å². The van der Waals surface area contributed by atoms with E-state index in [9.17, 15) is 14.7 Å². The number of piperidine rings is 1. The fraction of sp³-hybridized carbons (Fsp3) is 0.500. The third-order valence-corrected chi connectivity index (χ3v) is 3.51. The Hall–Kier alpha value is -1.91. The smallest absolute Gasteiger partial charge is 0.308 e. The van der Waals surface area contributed by atoms with Crippen LogP contribution in [-0.4, -0.2) is 33.4 Å². The molecule has 1 amide bonds. The van der Waals surface area contributed by atoms with E-state index < -0.39 is 17.9 Å². The second kappa shape index (κ2) is 5.82. The van der Waals surface area contributed by atoms with Crippen molar-refractivity contribution < 1.29 is 14.7 Å². The number of aromatic nitrogens is 1. The molecule has 1 N–H and O–H groups in total. The number of amides is 1. The Morgan fingerprint density at radius 3 is 2.95 bits per heavy atom. The molecule has 5 nitrogen and oxygen atoms in total. The minimum absolute atomic E-state index is 0.0354. The Morgan fingerprint density at radius 1 is 1.58 bits per heavy atom. The van der Waals surface area contributed by atoms with Crippen LogP contribution in [0, 0.1) is 5.92 Å². The lowest BCUT2D eigenvalue weighted by Crippen LogP contribution is -2.45. The van der Waals surface area contributed by atoms with Crippen molar-refractivity contribution >= 4 is 11.9 Å². The number of hydrogen-bond acceptors (Lipinski definition) is 3. The van der Waals surface area contributed by atoms with Gasteiger partial charge in [-0.1, -0.05) is 13.0 Å². The number of carbonyl (C=O) groups is 2. The van der Waals surface area contributed by atoms with Crippen LogP contribution < -0.4 is 0 Å². The van der Waals surface area contributed by atoms with Crippen LogP contribution in [0.4, 0.5) is 0 Å². The van der Waals surface area contributed by atoms with Crippen LogP contribution in [0.3, 0.4) is 0 Å². The summed E-state index contributed by atoms with van der Waals surface area (Å²) < 4.78 is 0. The van der Waals surface area contributed by atoms with E-state index in [2.05, 4.69) is 4.98 Å². The topological polar surface area (TPSA) is 70.5 Å². The van der Waals surface area contributed by atoms with E-state index in [1.807, 2.05) is 13.0 Å². The minimum atomic E-state index is -0.845. The van der Waals surface area contributed by atoms with Crippen molar-refractivity contribution in [2.24, 2.45) is 5.92 Å². The molecule has 19 heavy (non-hydrogen) atoms. The van der Waals surface area contributed by atoms with E-state index in [0.717, 1.165) is 12.0 Å². The van der Waals surface area contributed by atoms with E-state index >= 15 is 0 Å². The van der Waals surface area contributed by atoms with Crippen molar-refractivity contribution in [2.45, 2.75) is 32.2 Å². The molecule has 2 rings (SSSR count). The zero-order valence-corrected chi connectivity index (χ0v) is 11.0. The summed E-state index contributed by atoms with van der Waals surface area (Å²) in [6.45, 7) is 2.57. The van der Waals surface area contributed by atoms with Gasteiger partial charge in [0.05, 0.1) is 12.0 Å². The van der Waals surface area contributed by atoms with E-state index in [1.165, 1.54) is 0 Å². The molecule has 0 bridgehead atoms. The first-order chi connectivity index (χ1) is 9.15. The van der Waals surface area contributed by atoms with Crippen molar-refractivity contribution in [1.82, 2.24) is 9.88 Å². The van der Waals surface area contributed by atoms with Crippen LogP contribution >= 0.6 is 0 Å². The van der Waals surface area contributed by atoms with Gasteiger partial charge in [0.1, 0.15) is 0 Å². The van der Waals surface area contributed by atoms with Gasteiger partial charge in [0.15, 0.2) is 0 Å². The number of carbonyl (C=O) groups excluding carboxylic acids is 1. The van der Waals surface area contributed by atoms with Gasteiger partial charge in [0.2, 0.25) is 5.91 Å². The highest BCUT2D eigenvalue weighted by Gasteiger charge is 2.40. The number of pyridine rings is 1. The Kier molecular flexibility index (Phi) is 4.14. The summed E-state index contributed by atoms with van der Waals surface area (Å²) in [6.07, 6.45) is 4.83. The van der Waals surface area contributed by atoms with Gasteiger partial charge >= 0.3 is 5.97 Å². The lowest BCUT2D eigenvalue weighted by molar-refractivity contribution is -0.152. The normalized spacial score (nSPS) is 23.4. The zero-order valence-electron chi connectivity index (χ0n) is 11.0. The maximum absolute atomic E-state index is 12.0. The van der Waals surface area contributed by atoms with E-state index in [1.54, 1.807) is 23.4 Å². The summed E-state index contributed by atoms with van der Waals surface area (Å²) in [5, 5.41) is 9.38. The van der Waals surface area contributed by atoms with Crippen LogP contribution in [0.2, 0.25) is 0 Å². The molecule has 102 valence electrons. The minimum Gasteiger partial charge on any atom is -0.481 e. The highest BCUT2D eigenvalue weighted by molar-refractivity contribution is 5.81. The van der Waals surface area contributed by atoms with Crippen molar-refractivity contribution in [3.8, 4) is 0 Å². The Morgan fingerprint density at radius 2 is 2.37 bits per heavy atom. The third-order valence-electron chi connectivity index (χ3n) is 3.51. The van der Waals surface area contributed by atoms with Crippen molar-refractivity contribution in [3.63, 3.8) is 0 Å². The lowest BCUT2D eigenvalue weighted by atomic mass is 9.85. The van der Waals surface area contributed by atoms with Gasteiger partial charge in [-0.15, -0.1) is 0 Å². The highest BCUT2D eigenvalue weighted by Crippen LogP contribution is 2.36. The van der Waals surface area contributed by atoms with Crippen molar-refractivity contribution in [1.29, 1.82) is 0 Å². The fourth-order valence-corrected chi connectivity index (χ4v) is 2.68. The van der Waals surface area contributed by atoms with Gasteiger partial charge in [-0.25, -0.2) is 0 Å². The predicted octanol–water partition coefficient (Wildman–Crippen LogP) is 1.86. The summed E-state index contributed by atoms with van der Waals surface area (Å²) in [4.78, 5) is 29.2. The standard InChI is InChI=1S/C14H18N2O3/c1-2-8-16-12(17)6-5-11(14(18)19)13(16)10-4-3-7-15-9-10/h3-4,7,9,11,13H,2,5-6,8H2,1H3,(H,18,19). The molecule has 0 aromatic carbocycles. The van der Waals surface area contributed by atoms with E-state index in [0.29, 0.717) is 19.4 Å². The number of hydrogen-bond donors (Lipinski definition) is 1. The number of carboxylic acid groups (broad SMARTS) is 1. The second-order valence-electron chi connectivity index (χ2n) is 4.80. The molecule has 5 heteroatoms. The summed E-state index contributed by atoms with van der Waals surface area (Å²) in [5.41, 5.74) is 0.802. The van der Waals surface area contributed by atoms with Gasteiger partial charge in [-0.2, -0.15) is 0 Å². The second-order valence-corrected chi connectivity index (χ2v) is 4.80. The Bertz CT molecular complexity index is 461. The Balaban J connectivity index is 2.38. The first-order valence-electron chi connectivity index (χ1n) is 6.57. The van der Waals surface area contributed by atoms with Gasteiger partial charge in [-0.05, 0) is 24.5 Å². The first kappa shape index (κ1) is 13.5. The van der Waals surface area contributed by atoms with Gasteiger partial charge < -0.3 is 10.0 Å².